The molecule has 0 atom stereocenters. The maximum Gasteiger partial charge on any atom is 0.275 e. The molecule has 1 amide bonds. The van der Waals surface area contributed by atoms with Crippen molar-refractivity contribution in [1.82, 2.24) is 29.5 Å². The number of hydrogen-bond acceptors (Lipinski definition) is 6. The van der Waals surface area contributed by atoms with Gasteiger partial charge in [0.05, 0.1) is 30.0 Å². The first-order chi connectivity index (χ1) is 10.6. The Labute approximate surface area is 126 Å². The largest absolute Gasteiger partial charge is 0.318 e. The van der Waals surface area contributed by atoms with E-state index in [2.05, 4.69) is 30.2 Å². The molecule has 22 heavy (non-hydrogen) atoms. The molecule has 0 radical (unpaired) electrons. The molecule has 0 fully saturated rings. The summed E-state index contributed by atoms with van der Waals surface area (Å²) in [6, 6.07) is 0. The summed E-state index contributed by atoms with van der Waals surface area (Å²) in [5.41, 5.74) is 1.47. The zero-order valence-corrected chi connectivity index (χ0v) is 12.1. The molecule has 8 nitrogen and oxygen atoms in total. The monoisotopic (exact) mass is 295 g/mol. The van der Waals surface area contributed by atoms with Crippen LogP contribution in [0, 0.1) is 13.8 Å². The van der Waals surface area contributed by atoms with Gasteiger partial charge in [-0.05, 0) is 13.8 Å². The quantitative estimate of drug-likeness (QED) is 0.782. The van der Waals surface area contributed by atoms with Gasteiger partial charge in [-0.25, -0.2) is 19.9 Å². The highest BCUT2D eigenvalue weighted by molar-refractivity contribution is 6.02. The molecule has 0 aliphatic rings. The topological polar surface area (TPSA) is 98.5 Å². The van der Waals surface area contributed by atoms with Crippen LogP contribution in [0.25, 0.3) is 5.95 Å². The van der Waals surface area contributed by atoms with Gasteiger partial charge in [0.2, 0.25) is 5.95 Å². The number of nitrogens with zero attached hydrogens (tertiary/aromatic N) is 6. The lowest BCUT2D eigenvalue weighted by molar-refractivity contribution is 0.102. The summed E-state index contributed by atoms with van der Waals surface area (Å²) in [4.78, 5) is 32.6. The minimum Gasteiger partial charge on any atom is -0.318 e. The summed E-state index contributed by atoms with van der Waals surface area (Å²) in [6.45, 7) is 3.66. The number of hydrogen-bond donors (Lipinski definition) is 1. The fraction of sp³-hybridized carbons (Fsp3) is 0.143. The number of nitrogens with one attached hydrogen (secondary N) is 1. The van der Waals surface area contributed by atoms with Gasteiger partial charge < -0.3 is 5.32 Å². The van der Waals surface area contributed by atoms with E-state index >= 15 is 0 Å². The smallest absolute Gasteiger partial charge is 0.275 e. The van der Waals surface area contributed by atoms with Gasteiger partial charge in [0.1, 0.15) is 11.5 Å². The second-order valence-corrected chi connectivity index (χ2v) is 4.61. The zero-order valence-electron chi connectivity index (χ0n) is 12.1. The minimum atomic E-state index is -0.359. The fourth-order valence-corrected chi connectivity index (χ4v) is 1.80. The van der Waals surface area contributed by atoms with Crippen molar-refractivity contribution < 1.29 is 4.79 Å². The third kappa shape index (κ3) is 2.80. The SMILES string of the molecule is Cc1cnc(C(=O)Nc2cnc(-n3ccnc3C)nc2)cn1. The lowest BCUT2D eigenvalue weighted by atomic mass is 10.4. The van der Waals surface area contributed by atoms with E-state index in [0.717, 1.165) is 11.5 Å². The summed E-state index contributed by atoms with van der Waals surface area (Å²) >= 11 is 0. The number of aromatic nitrogens is 6. The van der Waals surface area contributed by atoms with E-state index in [1.165, 1.54) is 24.8 Å². The molecule has 3 aromatic rings. The molecule has 0 unspecified atom stereocenters. The maximum atomic E-state index is 12.0. The summed E-state index contributed by atoms with van der Waals surface area (Å²) in [5.74, 6) is 0.914. The Morgan fingerprint density at radius 1 is 1.00 bits per heavy atom. The Hall–Kier alpha value is -3.16. The lowest BCUT2D eigenvalue weighted by Crippen LogP contribution is -2.15. The van der Waals surface area contributed by atoms with Crippen molar-refractivity contribution in [3.8, 4) is 5.95 Å². The summed E-state index contributed by atoms with van der Waals surface area (Å²) in [6.07, 6.45) is 9.46. The molecule has 0 aliphatic carbocycles. The van der Waals surface area contributed by atoms with Crippen molar-refractivity contribution in [1.29, 1.82) is 0 Å². The zero-order chi connectivity index (χ0) is 15.5. The van der Waals surface area contributed by atoms with Crippen LogP contribution in [0.5, 0.6) is 0 Å². The molecular formula is C14H13N7O. The molecule has 1 N–H and O–H groups in total. The molecule has 0 saturated heterocycles. The Morgan fingerprint density at radius 3 is 2.36 bits per heavy atom. The van der Waals surface area contributed by atoms with Crippen molar-refractivity contribution in [3.63, 3.8) is 0 Å². The predicted octanol–water partition coefficient (Wildman–Crippen LogP) is 1.32. The second-order valence-electron chi connectivity index (χ2n) is 4.61. The molecule has 0 aromatic carbocycles. The van der Waals surface area contributed by atoms with Crippen molar-refractivity contribution >= 4 is 11.6 Å². The first kappa shape index (κ1) is 13.8. The summed E-state index contributed by atoms with van der Waals surface area (Å²) < 4.78 is 1.75. The van der Waals surface area contributed by atoms with Crippen LogP contribution in [0.15, 0.2) is 37.2 Å². The average Bonchev–Trinajstić information content (AvgIpc) is 2.95. The number of anilines is 1. The van der Waals surface area contributed by atoms with Gasteiger partial charge in [0, 0.05) is 18.6 Å². The number of rotatable bonds is 3. The van der Waals surface area contributed by atoms with Crippen LogP contribution in [0.1, 0.15) is 22.0 Å². The van der Waals surface area contributed by atoms with Gasteiger partial charge >= 0.3 is 0 Å². The van der Waals surface area contributed by atoms with E-state index in [1.54, 1.807) is 23.9 Å². The van der Waals surface area contributed by atoms with Gasteiger partial charge in [0.25, 0.3) is 5.91 Å². The van der Waals surface area contributed by atoms with Crippen LogP contribution in [0.4, 0.5) is 5.69 Å². The standard InChI is InChI=1S/C14H13N7O/c1-9-5-17-12(8-16-9)13(22)20-11-6-18-14(19-7-11)21-4-3-15-10(21)2/h3-8H,1-2H3,(H,20,22). The molecule has 0 bridgehead atoms. The van der Waals surface area contributed by atoms with Gasteiger partial charge in [-0.3, -0.25) is 14.3 Å². The predicted molar refractivity (Wildman–Crippen MR) is 78.6 cm³/mol. The fourth-order valence-electron chi connectivity index (χ4n) is 1.80. The highest BCUT2D eigenvalue weighted by Crippen LogP contribution is 2.09. The van der Waals surface area contributed by atoms with Crippen LogP contribution in [-0.4, -0.2) is 35.4 Å². The third-order valence-electron chi connectivity index (χ3n) is 2.95. The number of imidazole rings is 1. The maximum absolute atomic E-state index is 12.0. The molecule has 110 valence electrons. The summed E-state index contributed by atoms with van der Waals surface area (Å²) in [7, 11) is 0. The molecule has 0 saturated carbocycles. The van der Waals surface area contributed by atoms with Crippen LogP contribution in [0.2, 0.25) is 0 Å². The Morgan fingerprint density at radius 2 is 1.77 bits per heavy atom. The van der Waals surface area contributed by atoms with E-state index < -0.39 is 0 Å². The molecule has 3 rings (SSSR count). The van der Waals surface area contributed by atoms with E-state index in [0.29, 0.717) is 11.6 Å². The highest BCUT2D eigenvalue weighted by Gasteiger charge is 2.09. The molecule has 0 aliphatic heterocycles. The van der Waals surface area contributed by atoms with Gasteiger partial charge in [-0.2, -0.15) is 0 Å². The number of carbonyl (C=O) groups excluding carboxylic acids is 1. The van der Waals surface area contributed by atoms with E-state index in [4.69, 9.17) is 0 Å². The molecule has 3 aromatic heterocycles. The van der Waals surface area contributed by atoms with Crippen LogP contribution < -0.4 is 5.32 Å². The van der Waals surface area contributed by atoms with Crippen LogP contribution >= 0.6 is 0 Å². The van der Waals surface area contributed by atoms with Crippen molar-refractivity contribution in [2.45, 2.75) is 13.8 Å². The Kier molecular flexibility index (Phi) is 3.57. The average molecular weight is 295 g/mol. The lowest BCUT2D eigenvalue weighted by Gasteiger charge is -2.06. The minimum absolute atomic E-state index is 0.236. The van der Waals surface area contributed by atoms with Crippen LogP contribution in [0.3, 0.4) is 0 Å². The number of amides is 1. The Bertz CT molecular complexity index is 793. The van der Waals surface area contributed by atoms with Gasteiger partial charge in [-0.1, -0.05) is 0 Å². The second kappa shape index (κ2) is 5.68. The third-order valence-corrected chi connectivity index (χ3v) is 2.95. The van der Waals surface area contributed by atoms with E-state index in [9.17, 15) is 4.79 Å². The summed E-state index contributed by atoms with van der Waals surface area (Å²) in [5, 5.41) is 2.67. The first-order valence-electron chi connectivity index (χ1n) is 6.56. The highest BCUT2D eigenvalue weighted by atomic mass is 16.1. The Balaban J connectivity index is 1.75. The molecular weight excluding hydrogens is 282 g/mol. The van der Waals surface area contributed by atoms with E-state index in [-0.39, 0.29) is 11.6 Å². The van der Waals surface area contributed by atoms with Crippen molar-refractivity contribution in [2.75, 3.05) is 5.32 Å². The normalized spacial score (nSPS) is 10.5. The molecule has 8 heteroatoms. The molecule has 0 spiro atoms. The van der Waals surface area contributed by atoms with Crippen molar-refractivity contribution in [3.05, 3.63) is 54.4 Å². The van der Waals surface area contributed by atoms with Crippen LogP contribution in [-0.2, 0) is 0 Å². The van der Waals surface area contributed by atoms with Gasteiger partial charge in [0.15, 0.2) is 0 Å². The number of carbonyl (C=O) groups is 1. The number of aryl methyl sites for hydroxylation is 2. The van der Waals surface area contributed by atoms with E-state index in [1.807, 2.05) is 6.92 Å². The molecule has 3 heterocycles. The van der Waals surface area contributed by atoms with Crippen molar-refractivity contribution in [2.24, 2.45) is 0 Å². The first-order valence-corrected chi connectivity index (χ1v) is 6.56. The van der Waals surface area contributed by atoms with Gasteiger partial charge in [-0.15, -0.1) is 0 Å².